The maximum Gasteiger partial charge on any atom is 0.253 e. The van der Waals surface area contributed by atoms with Crippen molar-refractivity contribution >= 4 is 28.4 Å². The summed E-state index contributed by atoms with van der Waals surface area (Å²) in [6.07, 6.45) is 7.51. The fraction of sp³-hybridized carbons (Fsp3) is 0.242. The van der Waals surface area contributed by atoms with E-state index in [2.05, 4.69) is 88.0 Å². The van der Waals surface area contributed by atoms with Crippen LogP contribution in [0.1, 0.15) is 47.6 Å². The molecule has 3 aromatic carbocycles. The lowest BCUT2D eigenvalue weighted by molar-refractivity contribution is 0.578. The Morgan fingerprint density at radius 3 is 2.10 bits per heavy atom. The van der Waals surface area contributed by atoms with Crippen LogP contribution in [0.3, 0.4) is 0 Å². The van der Waals surface area contributed by atoms with Gasteiger partial charge in [0.25, 0.3) is 5.56 Å². The number of aromatic nitrogens is 3. The third-order valence-electron chi connectivity index (χ3n) is 8.13. The van der Waals surface area contributed by atoms with Gasteiger partial charge in [0.1, 0.15) is 5.65 Å². The van der Waals surface area contributed by atoms with Crippen LogP contribution >= 0.6 is 0 Å². The summed E-state index contributed by atoms with van der Waals surface area (Å²) in [6.45, 7) is 2.23. The molecule has 0 amide bonds. The molecule has 1 fully saturated rings. The van der Waals surface area contributed by atoms with E-state index in [4.69, 9.17) is 4.98 Å². The number of nitrogens with zero attached hydrogens (tertiary/aromatic N) is 4. The summed E-state index contributed by atoms with van der Waals surface area (Å²) in [4.78, 5) is 25.6. The van der Waals surface area contributed by atoms with E-state index in [0.29, 0.717) is 11.6 Å². The Morgan fingerprint density at radius 1 is 0.744 bits per heavy atom. The molecule has 6 nitrogen and oxygen atoms in total. The summed E-state index contributed by atoms with van der Waals surface area (Å²) >= 11 is 0. The van der Waals surface area contributed by atoms with Crippen molar-refractivity contribution in [3.8, 4) is 0 Å². The van der Waals surface area contributed by atoms with Crippen molar-refractivity contribution in [3.05, 3.63) is 124 Å². The predicted molar refractivity (Wildman–Crippen MR) is 157 cm³/mol. The van der Waals surface area contributed by atoms with Crippen LogP contribution in [0.2, 0.25) is 0 Å². The van der Waals surface area contributed by atoms with E-state index in [-0.39, 0.29) is 11.6 Å². The fourth-order valence-electron chi connectivity index (χ4n) is 6.16. The highest BCUT2D eigenvalue weighted by Gasteiger charge is 2.27. The largest absolute Gasteiger partial charge is 0.372 e. The number of nitrogens with one attached hydrogen (secondary N) is 1. The van der Waals surface area contributed by atoms with Crippen LogP contribution in [0, 0.1) is 0 Å². The number of hydrogen-bond acceptors (Lipinski definition) is 5. The van der Waals surface area contributed by atoms with Gasteiger partial charge in [-0.1, -0.05) is 48.5 Å². The zero-order valence-electron chi connectivity index (χ0n) is 21.9. The van der Waals surface area contributed by atoms with Gasteiger partial charge in [-0.05, 0) is 84.7 Å². The highest BCUT2D eigenvalue weighted by Crippen LogP contribution is 2.36. The molecule has 39 heavy (non-hydrogen) atoms. The van der Waals surface area contributed by atoms with Gasteiger partial charge in [0.2, 0.25) is 5.95 Å². The lowest BCUT2D eigenvalue weighted by Crippen LogP contribution is -2.29. The second-order valence-corrected chi connectivity index (χ2v) is 10.5. The van der Waals surface area contributed by atoms with Crippen LogP contribution in [0.5, 0.6) is 0 Å². The number of rotatable bonds is 4. The van der Waals surface area contributed by atoms with Gasteiger partial charge in [0.05, 0.1) is 6.04 Å². The molecule has 0 saturated carbocycles. The summed E-state index contributed by atoms with van der Waals surface area (Å²) < 4.78 is 1.85. The smallest absolute Gasteiger partial charge is 0.253 e. The van der Waals surface area contributed by atoms with Crippen LogP contribution in [-0.4, -0.2) is 27.6 Å². The molecule has 6 heteroatoms. The first kappa shape index (κ1) is 23.7. The third kappa shape index (κ3) is 4.46. The maximum atomic E-state index is 13.6. The van der Waals surface area contributed by atoms with E-state index in [1.807, 2.05) is 10.6 Å². The zero-order chi connectivity index (χ0) is 26.2. The summed E-state index contributed by atoms with van der Waals surface area (Å²) in [6, 6.07) is 28.6. The molecule has 7 rings (SSSR count). The summed E-state index contributed by atoms with van der Waals surface area (Å²) in [5, 5.41) is 4.20. The molecule has 0 atom stereocenters. The normalized spacial score (nSPS) is 15.4. The average molecular weight is 514 g/mol. The minimum atomic E-state index is -0.261. The lowest BCUT2D eigenvalue weighted by atomic mass is 9.94. The highest BCUT2D eigenvalue weighted by atomic mass is 16.1. The van der Waals surface area contributed by atoms with E-state index < -0.39 is 0 Å². The van der Waals surface area contributed by atoms with Gasteiger partial charge in [-0.2, -0.15) is 4.98 Å². The molecular weight excluding hydrogens is 482 g/mol. The van der Waals surface area contributed by atoms with Crippen molar-refractivity contribution in [1.29, 1.82) is 0 Å². The van der Waals surface area contributed by atoms with Crippen LogP contribution in [0.4, 0.5) is 17.3 Å². The van der Waals surface area contributed by atoms with Crippen molar-refractivity contribution in [2.24, 2.45) is 0 Å². The molecular formula is C33H31N5O. The molecule has 3 heterocycles. The standard InChI is InChI=1S/C33H31N5O/c39-30-19-14-25-22-34-33(35-26-15-17-27(18-16-26)37-20-6-1-7-21-37)36-32(25)38(30)31-28-10-4-2-8-23(28)12-13-24-9-3-5-11-29(24)31/h2-5,8-11,14-19,22,31H,1,6-7,12-13,20-21H2,(H,34,35,36). The number of fused-ring (bicyclic) bond motifs is 3. The van der Waals surface area contributed by atoms with Gasteiger partial charge < -0.3 is 10.2 Å². The van der Waals surface area contributed by atoms with Gasteiger partial charge >= 0.3 is 0 Å². The Morgan fingerprint density at radius 2 is 1.41 bits per heavy atom. The number of hydrogen-bond donors (Lipinski definition) is 1. The van der Waals surface area contributed by atoms with Crippen LogP contribution in [-0.2, 0) is 12.8 Å². The second-order valence-electron chi connectivity index (χ2n) is 10.5. The summed E-state index contributed by atoms with van der Waals surface area (Å²) in [5.74, 6) is 0.475. The number of pyridine rings is 1. The zero-order valence-corrected chi connectivity index (χ0v) is 21.9. The van der Waals surface area contributed by atoms with Crippen LogP contribution in [0.25, 0.3) is 11.0 Å². The Hall–Kier alpha value is -4.45. The van der Waals surface area contributed by atoms with Crippen molar-refractivity contribution in [1.82, 2.24) is 14.5 Å². The Kier molecular flexibility index (Phi) is 6.08. The van der Waals surface area contributed by atoms with Gasteiger partial charge in [-0.25, -0.2) is 4.98 Å². The van der Waals surface area contributed by atoms with E-state index in [0.717, 1.165) is 48.1 Å². The molecule has 1 N–H and O–H groups in total. The highest BCUT2D eigenvalue weighted by molar-refractivity contribution is 5.76. The molecule has 1 aliphatic carbocycles. The number of benzene rings is 3. The van der Waals surface area contributed by atoms with Crippen molar-refractivity contribution in [3.63, 3.8) is 0 Å². The summed E-state index contributed by atoms with van der Waals surface area (Å²) in [7, 11) is 0. The molecule has 2 aliphatic rings. The minimum absolute atomic E-state index is 0.0745. The molecule has 194 valence electrons. The Balaban J connectivity index is 1.31. The van der Waals surface area contributed by atoms with Gasteiger partial charge in [-0.15, -0.1) is 0 Å². The first-order valence-electron chi connectivity index (χ1n) is 13.9. The van der Waals surface area contributed by atoms with E-state index >= 15 is 0 Å². The van der Waals surface area contributed by atoms with Gasteiger partial charge in [0, 0.05) is 42.1 Å². The van der Waals surface area contributed by atoms with Gasteiger partial charge in [0.15, 0.2) is 0 Å². The molecule has 2 aromatic heterocycles. The molecule has 1 saturated heterocycles. The molecule has 5 aromatic rings. The minimum Gasteiger partial charge on any atom is -0.372 e. The lowest BCUT2D eigenvalue weighted by Gasteiger charge is -2.28. The Labute approximate surface area is 228 Å². The SMILES string of the molecule is O=c1ccc2cnc(Nc3ccc(N4CCCCC4)cc3)nc2n1C1c2ccccc2CCc2ccccc21. The maximum absolute atomic E-state index is 13.6. The van der Waals surface area contributed by atoms with Crippen molar-refractivity contribution in [2.75, 3.05) is 23.3 Å². The quantitative estimate of drug-likeness (QED) is 0.307. The molecule has 0 spiro atoms. The first-order chi connectivity index (χ1) is 19.2. The van der Waals surface area contributed by atoms with Crippen molar-refractivity contribution < 1.29 is 0 Å². The second kappa shape index (κ2) is 10.0. The van der Waals surface area contributed by atoms with E-state index in [1.165, 1.54) is 36.1 Å². The molecule has 0 radical (unpaired) electrons. The number of aryl methyl sites for hydroxylation is 2. The first-order valence-corrected chi connectivity index (χ1v) is 13.9. The van der Waals surface area contributed by atoms with E-state index in [1.54, 1.807) is 12.3 Å². The molecule has 0 bridgehead atoms. The Bertz CT molecular complexity index is 1650. The third-order valence-corrected chi connectivity index (χ3v) is 8.13. The number of anilines is 3. The molecule has 1 aliphatic heterocycles. The molecule has 0 unspecified atom stereocenters. The van der Waals surface area contributed by atoms with Crippen molar-refractivity contribution in [2.45, 2.75) is 38.1 Å². The average Bonchev–Trinajstić information content (AvgIpc) is 3.15. The monoisotopic (exact) mass is 513 g/mol. The fourth-order valence-corrected chi connectivity index (χ4v) is 6.16. The van der Waals surface area contributed by atoms with Gasteiger partial charge in [-0.3, -0.25) is 9.36 Å². The predicted octanol–water partition coefficient (Wildman–Crippen LogP) is 6.26. The van der Waals surface area contributed by atoms with E-state index in [9.17, 15) is 4.79 Å². The van der Waals surface area contributed by atoms with Crippen LogP contribution in [0.15, 0.2) is 95.9 Å². The summed E-state index contributed by atoms with van der Waals surface area (Å²) in [5.41, 5.74) is 7.56. The van der Waals surface area contributed by atoms with Crippen LogP contribution < -0.4 is 15.8 Å². The number of piperidine rings is 1. The topological polar surface area (TPSA) is 63.1 Å².